The minimum absolute atomic E-state index is 0. The highest BCUT2D eigenvalue weighted by Crippen LogP contribution is 2.27. The molecule has 0 saturated carbocycles. The lowest BCUT2D eigenvalue weighted by Crippen LogP contribution is -2.42. The summed E-state index contributed by atoms with van der Waals surface area (Å²) in [5.41, 5.74) is 2.02. The predicted octanol–water partition coefficient (Wildman–Crippen LogP) is 2.29. The molecule has 1 aliphatic rings. The average molecular weight is 574 g/mol. The molecule has 0 amide bonds. The van der Waals surface area contributed by atoms with Gasteiger partial charge in [-0.25, -0.2) is 18.1 Å². The molecule has 1 heterocycles. The van der Waals surface area contributed by atoms with Crippen LogP contribution in [0.2, 0.25) is 0 Å². The second kappa shape index (κ2) is 13.0. The Bertz CT molecular complexity index is 976. The van der Waals surface area contributed by atoms with Crippen molar-refractivity contribution in [3.8, 4) is 5.75 Å². The van der Waals surface area contributed by atoms with Gasteiger partial charge in [-0.2, -0.15) is 0 Å². The summed E-state index contributed by atoms with van der Waals surface area (Å²) in [5.74, 6) is 1.60. The van der Waals surface area contributed by atoms with Gasteiger partial charge in [-0.05, 0) is 36.2 Å². The van der Waals surface area contributed by atoms with Crippen molar-refractivity contribution in [2.45, 2.75) is 30.9 Å². The number of fused-ring (bicyclic) bond motifs is 1. The predicted molar refractivity (Wildman–Crippen MR) is 136 cm³/mol. The summed E-state index contributed by atoms with van der Waals surface area (Å²) in [7, 11) is -2.05. The first-order valence-electron chi connectivity index (χ1n) is 10.4. The SMILES string of the molecule is CCNC(=NCc1cccc(S(=O)(=O)NCCOC)c1)NCC1Cc2ccccc2O1.I. The van der Waals surface area contributed by atoms with Crippen molar-refractivity contribution in [2.75, 3.05) is 33.4 Å². The van der Waals surface area contributed by atoms with E-state index in [1.807, 2.05) is 31.2 Å². The number of methoxy groups -OCH3 is 1. The normalized spacial score (nSPS) is 15.4. The molecule has 176 valence electrons. The van der Waals surface area contributed by atoms with E-state index >= 15 is 0 Å². The van der Waals surface area contributed by atoms with Gasteiger partial charge in [0.1, 0.15) is 11.9 Å². The van der Waals surface area contributed by atoms with Crippen LogP contribution in [0.5, 0.6) is 5.75 Å². The molecule has 0 aliphatic carbocycles. The fraction of sp³-hybridized carbons (Fsp3) is 0.409. The summed E-state index contributed by atoms with van der Waals surface area (Å²) in [5, 5.41) is 6.53. The molecule has 32 heavy (non-hydrogen) atoms. The van der Waals surface area contributed by atoms with Crippen LogP contribution in [0.4, 0.5) is 0 Å². The molecule has 3 N–H and O–H groups in total. The van der Waals surface area contributed by atoms with E-state index in [4.69, 9.17) is 9.47 Å². The number of halogens is 1. The fourth-order valence-corrected chi connectivity index (χ4v) is 4.35. The van der Waals surface area contributed by atoms with Crippen LogP contribution in [0, 0.1) is 0 Å². The highest BCUT2D eigenvalue weighted by atomic mass is 127. The molecular formula is C22H31IN4O4S. The maximum Gasteiger partial charge on any atom is 0.240 e. The number of para-hydroxylation sites is 1. The largest absolute Gasteiger partial charge is 0.488 e. The van der Waals surface area contributed by atoms with Crippen molar-refractivity contribution >= 4 is 40.0 Å². The zero-order valence-corrected chi connectivity index (χ0v) is 21.5. The van der Waals surface area contributed by atoms with Crippen molar-refractivity contribution in [3.63, 3.8) is 0 Å². The van der Waals surface area contributed by atoms with Crippen LogP contribution in [0.25, 0.3) is 0 Å². The molecule has 0 radical (unpaired) electrons. The highest BCUT2D eigenvalue weighted by Gasteiger charge is 2.22. The van der Waals surface area contributed by atoms with E-state index in [-0.39, 0.29) is 41.5 Å². The van der Waals surface area contributed by atoms with Crippen molar-refractivity contribution in [3.05, 3.63) is 59.7 Å². The van der Waals surface area contributed by atoms with E-state index < -0.39 is 10.0 Å². The Morgan fingerprint density at radius 1 is 1.19 bits per heavy atom. The lowest BCUT2D eigenvalue weighted by Gasteiger charge is -2.15. The van der Waals surface area contributed by atoms with Gasteiger partial charge < -0.3 is 20.1 Å². The van der Waals surface area contributed by atoms with Crippen LogP contribution in [0.3, 0.4) is 0 Å². The zero-order valence-electron chi connectivity index (χ0n) is 18.3. The van der Waals surface area contributed by atoms with Gasteiger partial charge in [-0.3, -0.25) is 0 Å². The first kappa shape index (κ1) is 26.4. The Morgan fingerprint density at radius 3 is 2.75 bits per heavy atom. The molecule has 1 unspecified atom stereocenters. The van der Waals surface area contributed by atoms with Crippen LogP contribution in [-0.2, 0) is 27.7 Å². The minimum atomic E-state index is -3.58. The third-order valence-corrected chi connectivity index (χ3v) is 6.24. The number of sulfonamides is 1. The maximum absolute atomic E-state index is 12.4. The lowest BCUT2D eigenvalue weighted by atomic mass is 10.1. The van der Waals surface area contributed by atoms with Gasteiger partial charge in [0.15, 0.2) is 5.96 Å². The molecule has 0 spiro atoms. The van der Waals surface area contributed by atoms with Gasteiger partial charge in [0.05, 0.1) is 24.6 Å². The van der Waals surface area contributed by atoms with Crippen LogP contribution in [0.1, 0.15) is 18.1 Å². The number of hydrogen-bond acceptors (Lipinski definition) is 5. The average Bonchev–Trinajstić information content (AvgIpc) is 3.19. The molecule has 1 aliphatic heterocycles. The summed E-state index contributed by atoms with van der Waals surface area (Å²) in [4.78, 5) is 4.81. The van der Waals surface area contributed by atoms with Crippen LogP contribution in [0.15, 0.2) is 58.4 Å². The Labute approximate surface area is 207 Å². The molecule has 8 nitrogen and oxygen atoms in total. The Kier molecular flexibility index (Phi) is 10.7. The molecule has 2 aromatic rings. The molecule has 0 saturated heterocycles. The number of hydrogen-bond donors (Lipinski definition) is 3. The van der Waals surface area contributed by atoms with Gasteiger partial charge in [0.2, 0.25) is 10.0 Å². The lowest BCUT2D eigenvalue weighted by molar-refractivity contribution is 0.204. The summed E-state index contributed by atoms with van der Waals surface area (Å²) in [6, 6.07) is 14.9. The maximum atomic E-state index is 12.4. The summed E-state index contributed by atoms with van der Waals surface area (Å²) in [6.45, 7) is 4.23. The number of nitrogens with zero attached hydrogens (tertiary/aromatic N) is 1. The zero-order chi connectivity index (χ0) is 22.1. The van der Waals surface area contributed by atoms with Crippen LogP contribution >= 0.6 is 24.0 Å². The topological polar surface area (TPSA) is 101 Å². The van der Waals surface area contributed by atoms with E-state index in [1.165, 1.54) is 12.7 Å². The number of rotatable bonds is 10. The van der Waals surface area contributed by atoms with Crippen LogP contribution in [-0.4, -0.2) is 53.8 Å². The second-order valence-electron chi connectivity index (χ2n) is 7.17. The van der Waals surface area contributed by atoms with E-state index in [0.717, 1.165) is 24.3 Å². The number of aliphatic imine (C=N–C) groups is 1. The summed E-state index contributed by atoms with van der Waals surface area (Å²) < 4.78 is 38.2. The number of guanidine groups is 1. The van der Waals surface area contributed by atoms with Crippen LogP contribution < -0.4 is 20.1 Å². The Morgan fingerprint density at radius 2 is 2.00 bits per heavy atom. The molecule has 0 fully saturated rings. The monoisotopic (exact) mass is 574 g/mol. The van der Waals surface area contributed by atoms with Gasteiger partial charge >= 0.3 is 0 Å². The quantitative estimate of drug-likeness (QED) is 0.174. The number of benzene rings is 2. The summed E-state index contributed by atoms with van der Waals surface area (Å²) in [6.07, 6.45) is 0.909. The number of ether oxygens (including phenoxy) is 2. The minimum Gasteiger partial charge on any atom is -0.488 e. The molecule has 3 rings (SSSR count). The van der Waals surface area contributed by atoms with E-state index in [2.05, 4.69) is 26.4 Å². The third kappa shape index (κ3) is 7.61. The van der Waals surface area contributed by atoms with E-state index in [1.54, 1.807) is 18.2 Å². The smallest absolute Gasteiger partial charge is 0.240 e. The van der Waals surface area contributed by atoms with E-state index in [0.29, 0.717) is 25.7 Å². The van der Waals surface area contributed by atoms with Gasteiger partial charge in [0, 0.05) is 26.6 Å². The van der Waals surface area contributed by atoms with Gasteiger partial charge in [-0.15, -0.1) is 24.0 Å². The Balaban J connectivity index is 0.00000363. The standard InChI is InChI=1S/C22H30N4O4S.HI/c1-3-23-22(25-16-19-14-18-8-4-5-10-21(18)30-19)24-15-17-7-6-9-20(13-17)31(27,28)26-11-12-29-2;/h4-10,13,19,26H,3,11-12,14-16H2,1-2H3,(H2,23,24,25);1H. The fourth-order valence-electron chi connectivity index (χ4n) is 3.26. The molecule has 1 atom stereocenters. The van der Waals surface area contributed by atoms with Crippen molar-refractivity contribution in [1.29, 1.82) is 0 Å². The Hall–Kier alpha value is -1.89. The first-order valence-corrected chi connectivity index (χ1v) is 11.8. The van der Waals surface area contributed by atoms with Gasteiger partial charge in [-0.1, -0.05) is 30.3 Å². The highest BCUT2D eigenvalue weighted by molar-refractivity contribution is 14.0. The molecular weight excluding hydrogens is 543 g/mol. The first-order chi connectivity index (χ1) is 15.0. The molecule has 0 bridgehead atoms. The summed E-state index contributed by atoms with van der Waals surface area (Å²) >= 11 is 0. The van der Waals surface area contributed by atoms with Crippen molar-refractivity contribution < 1.29 is 17.9 Å². The van der Waals surface area contributed by atoms with Crippen molar-refractivity contribution in [2.24, 2.45) is 4.99 Å². The molecule has 2 aromatic carbocycles. The second-order valence-corrected chi connectivity index (χ2v) is 8.93. The van der Waals surface area contributed by atoms with E-state index in [9.17, 15) is 8.42 Å². The number of nitrogens with one attached hydrogen (secondary N) is 3. The van der Waals surface area contributed by atoms with Crippen molar-refractivity contribution in [1.82, 2.24) is 15.4 Å². The third-order valence-electron chi connectivity index (χ3n) is 4.78. The molecule has 0 aromatic heterocycles. The van der Waals surface area contributed by atoms with Gasteiger partial charge in [0.25, 0.3) is 0 Å². The molecule has 10 heteroatoms.